The fraction of sp³-hybridized carbons (Fsp3) is 0.476. The van der Waals surface area contributed by atoms with Gasteiger partial charge in [0.05, 0.1) is 22.3 Å². The molecule has 2 aromatic heterocycles. The van der Waals surface area contributed by atoms with Gasteiger partial charge in [-0.2, -0.15) is 5.10 Å². The lowest BCUT2D eigenvalue weighted by Crippen LogP contribution is -2.28. The molecule has 3 N–H and O–H groups in total. The highest BCUT2D eigenvalue weighted by atomic mass is 16.2. The van der Waals surface area contributed by atoms with Gasteiger partial charge in [0, 0.05) is 17.9 Å². The van der Waals surface area contributed by atoms with Gasteiger partial charge < -0.3 is 15.6 Å². The minimum absolute atomic E-state index is 0.0706. The van der Waals surface area contributed by atoms with Crippen molar-refractivity contribution in [3.63, 3.8) is 0 Å². The average Bonchev–Trinajstić information content (AvgIpc) is 3.36. The monoisotopic (exact) mass is 379 g/mol. The molecule has 7 nitrogen and oxygen atoms in total. The smallest absolute Gasteiger partial charge is 0.251 e. The summed E-state index contributed by atoms with van der Waals surface area (Å²) in [7, 11) is 0. The molecule has 2 fully saturated rings. The second-order valence-corrected chi connectivity index (χ2v) is 8.01. The van der Waals surface area contributed by atoms with Crippen LogP contribution in [-0.4, -0.2) is 33.6 Å². The summed E-state index contributed by atoms with van der Waals surface area (Å²) in [4.78, 5) is 28.1. The molecule has 28 heavy (non-hydrogen) atoms. The van der Waals surface area contributed by atoms with Crippen LogP contribution >= 0.6 is 0 Å². The molecule has 1 aliphatic heterocycles. The quantitative estimate of drug-likeness (QED) is 0.653. The first kappa shape index (κ1) is 17.4. The van der Waals surface area contributed by atoms with E-state index in [4.69, 9.17) is 5.10 Å². The van der Waals surface area contributed by atoms with Gasteiger partial charge in [-0.1, -0.05) is 18.9 Å². The summed E-state index contributed by atoms with van der Waals surface area (Å²) in [6, 6.07) is 7.40. The highest BCUT2D eigenvalue weighted by Gasteiger charge is 2.25. The first-order chi connectivity index (χ1) is 13.7. The normalized spacial score (nSPS) is 18.9. The molecule has 0 radical (unpaired) electrons. The molecule has 1 aromatic carbocycles. The number of carbonyl (C=O) groups excluding carboxylic acids is 1. The highest BCUT2D eigenvalue weighted by molar-refractivity contribution is 6.07. The SMILES string of the molecule is O=C(Nc1cccc2nn3c(C4CCNCC4)cc(=O)[nH]c3c12)C1CCCC1. The van der Waals surface area contributed by atoms with Crippen LogP contribution in [0.15, 0.2) is 29.1 Å². The van der Waals surface area contributed by atoms with Crippen molar-refractivity contribution >= 4 is 28.1 Å². The van der Waals surface area contributed by atoms with E-state index in [0.717, 1.165) is 73.9 Å². The van der Waals surface area contributed by atoms with E-state index in [-0.39, 0.29) is 17.4 Å². The van der Waals surface area contributed by atoms with Crippen molar-refractivity contribution in [2.24, 2.45) is 5.92 Å². The Morgan fingerprint density at radius 1 is 1.14 bits per heavy atom. The third kappa shape index (κ3) is 2.99. The van der Waals surface area contributed by atoms with Gasteiger partial charge in [-0.15, -0.1) is 0 Å². The number of amides is 1. The second-order valence-electron chi connectivity index (χ2n) is 8.01. The number of hydrogen-bond donors (Lipinski definition) is 3. The highest BCUT2D eigenvalue weighted by Crippen LogP contribution is 2.32. The van der Waals surface area contributed by atoms with Gasteiger partial charge in [-0.05, 0) is 50.9 Å². The molecular weight excluding hydrogens is 354 g/mol. The number of nitrogens with zero attached hydrogens (tertiary/aromatic N) is 2. The predicted molar refractivity (Wildman–Crippen MR) is 109 cm³/mol. The Labute approximate surface area is 162 Å². The Kier molecular flexibility index (Phi) is 4.39. The zero-order valence-corrected chi connectivity index (χ0v) is 15.8. The maximum atomic E-state index is 12.7. The maximum Gasteiger partial charge on any atom is 0.251 e. The van der Waals surface area contributed by atoms with Crippen molar-refractivity contribution in [3.8, 4) is 0 Å². The van der Waals surface area contributed by atoms with Gasteiger partial charge in [0.1, 0.15) is 5.65 Å². The Bertz CT molecular complexity index is 1090. The number of H-pyrrole nitrogens is 1. The molecule has 1 saturated heterocycles. The van der Waals surface area contributed by atoms with E-state index in [1.165, 1.54) is 0 Å². The Morgan fingerprint density at radius 2 is 1.93 bits per heavy atom. The Morgan fingerprint density at radius 3 is 2.71 bits per heavy atom. The Hall–Kier alpha value is -2.67. The van der Waals surface area contributed by atoms with Gasteiger partial charge >= 0.3 is 0 Å². The molecule has 0 atom stereocenters. The van der Waals surface area contributed by atoms with Crippen LogP contribution in [0.5, 0.6) is 0 Å². The predicted octanol–water partition coefficient (Wildman–Crippen LogP) is 2.77. The first-order valence-electron chi connectivity index (χ1n) is 10.3. The largest absolute Gasteiger partial charge is 0.325 e. The minimum Gasteiger partial charge on any atom is -0.325 e. The third-order valence-electron chi connectivity index (χ3n) is 6.21. The van der Waals surface area contributed by atoms with Gasteiger partial charge in [-0.25, -0.2) is 4.52 Å². The summed E-state index contributed by atoms with van der Waals surface area (Å²) in [5, 5.41) is 12.0. The number of carbonyl (C=O) groups is 1. The molecule has 5 rings (SSSR count). The molecule has 3 aromatic rings. The van der Waals surface area contributed by atoms with E-state index in [1.54, 1.807) is 6.07 Å². The summed E-state index contributed by atoms with van der Waals surface area (Å²) < 4.78 is 1.87. The summed E-state index contributed by atoms with van der Waals surface area (Å²) in [5.74, 6) is 0.458. The molecule has 2 aliphatic rings. The minimum atomic E-state index is -0.125. The molecule has 146 valence electrons. The van der Waals surface area contributed by atoms with Crippen molar-refractivity contribution < 1.29 is 4.79 Å². The van der Waals surface area contributed by atoms with E-state index in [9.17, 15) is 9.59 Å². The van der Waals surface area contributed by atoms with Crippen molar-refractivity contribution in [1.29, 1.82) is 0 Å². The molecule has 0 unspecified atom stereocenters. The molecule has 7 heteroatoms. The Balaban J connectivity index is 1.62. The lowest BCUT2D eigenvalue weighted by atomic mass is 9.94. The van der Waals surface area contributed by atoms with Gasteiger partial charge in [0.15, 0.2) is 0 Å². The van der Waals surface area contributed by atoms with E-state index >= 15 is 0 Å². The van der Waals surface area contributed by atoms with Crippen LogP contribution in [-0.2, 0) is 4.79 Å². The topological polar surface area (TPSA) is 91.3 Å². The molecule has 1 amide bonds. The molecule has 1 aliphatic carbocycles. The second kappa shape index (κ2) is 7.05. The number of anilines is 1. The maximum absolute atomic E-state index is 12.7. The van der Waals surface area contributed by atoms with Crippen molar-refractivity contribution in [3.05, 3.63) is 40.3 Å². The van der Waals surface area contributed by atoms with Crippen molar-refractivity contribution in [2.75, 3.05) is 18.4 Å². The number of hydrogen-bond acceptors (Lipinski definition) is 4. The van der Waals surface area contributed by atoms with Gasteiger partial charge in [-0.3, -0.25) is 9.59 Å². The van der Waals surface area contributed by atoms with Crippen LogP contribution < -0.4 is 16.2 Å². The van der Waals surface area contributed by atoms with Gasteiger partial charge in [0.2, 0.25) is 5.91 Å². The number of aromatic nitrogens is 3. The molecule has 1 saturated carbocycles. The first-order valence-corrected chi connectivity index (χ1v) is 10.3. The average molecular weight is 379 g/mol. The molecular formula is C21H25N5O2. The molecule has 0 bridgehead atoms. The van der Waals surface area contributed by atoms with E-state index in [0.29, 0.717) is 11.6 Å². The number of nitrogens with one attached hydrogen (secondary N) is 3. The number of rotatable bonds is 3. The lowest BCUT2D eigenvalue weighted by Gasteiger charge is -2.23. The number of aromatic amines is 1. The van der Waals surface area contributed by atoms with Crippen LogP contribution in [0, 0.1) is 5.92 Å². The zero-order valence-electron chi connectivity index (χ0n) is 15.8. The third-order valence-corrected chi connectivity index (χ3v) is 6.21. The lowest BCUT2D eigenvalue weighted by molar-refractivity contribution is -0.119. The number of benzene rings is 1. The van der Waals surface area contributed by atoms with Crippen LogP contribution in [0.4, 0.5) is 5.69 Å². The van der Waals surface area contributed by atoms with Crippen LogP contribution in [0.25, 0.3) is 16.6 Å². The molecule has 3 heterocycles. The standard InChI is InChI=1S/C21H25N5O2/c27-18-12-17(13-8-10-22-11-9-13)26-20(24-18)19-15(6-3-7-16(19)25-26)23-21(28)14-4-1-2-5-14/h3,6-7,12-14,22H,1-2,4-5,8-11H2,(H,23,28)(H,24,27). The summed E-state index contributed by atoms with van der Waals surface area (Å²) in [6.45, 7) is 1.89. The summed E-state index contributed by atoms with van der Waals surface area (Å²) >= 11 is 0. The zero-order chi connectivity index (χ0) is 19.1. The van der Waals surface area contributed by atoms with Crippen LogP contribution in [0.2, 0.25) is 0 Å². The fourth-order valence-corrected chi connectivity index (χ4v) is 4.72. The van der Waals surface area contributed by atoms with E-state index < -0.39 is 0 Å². The fourth-order valence-electron chi connectivity index (χ4n) is 4.72. The van der Waals surface area contributed by atoms with Crippen molar-refractivity contribution in [1.82, 2.24) is 19.9 Å². The van der Waals surface area contributed by atoms with E-state index in [1.807, 2.05) is 22.7 Å². The number of piperidine rings is 1. The summed E-state index contributed by atoms with van der Waals surface area (Å²) in [5.41, 5.74) is 2.99. The molecule has 0 spiro atoms. The number of fused-ring (bicyclic) bond motifs is 3. The van der Waals surface area contributed by atoms with Crippen molar-refractivity contribution in [2.45, 2.75) is 44.4 Å². The van der Waals surface area contributed by atoms with E-state index in [2.05, 4.69) is 15.6 Å². The summed E-state index contributed by atoms with van der Waals surface area (Å²) in [6.07, 6.45) is 6.11. The van der Waals surface area contributed by atoms with Crippen LogP contribution in [0.1, 0.15) is 50.1 Å². The van der Waals surface area contributed by atoms with Gasteiger partial charge in [0.25, 0.3) is 5.56 Å². The van der Waals surface area contributed by atoms with Crippen LogP contribution in [0.3, 0.4) is 0 Å².